The maximum absolute atomic E-state index is 5.25. The molecule has 0 radical (unpaired) electrons. The van der Waals surface area contributed by atoms with Gasteiger partial charge in [-0.05, 0) is 43.2 Å². The molecule has 0 saturated heterocycles. The van der Waals surface area contributed by atoms with Gasteiger partial charge in [0.1, 0.15) is 11.6 Å². The van der Waals surface area contributed by atoms with Crippen LogP contribution in [0.2, 0.25) is 0 Å². The molecule has 22 heavy (non-hydrogen) atoms. The third-order valence-electron chi connectivity index (χ3n) is 4.02. The summed E-state index contributed by atoms with van der Waals surface area (Å²) in [4.78, 5) is 7.26. The van der Waals surface area contributed by atoms with Crippen molar-refractivity contribution in [3.63, 3.8) is 0 Å². The molecule has 0 spiro atoms. The van der Waals surface area contributed by atoms with Gasteiger partial charge in [0, 0.05) is 18.7 Å². The average molecular weight is 294 g/mol. The van der Waals surface area contributed by atoms with Gasteiger partial charge in [-0.25, -0.2) is 0 Å². The molecule has 2 aromatic carbocycles. The predicted molar refractivity (Wildman–Crippen MR) is 90.5 cm³/mol. The van der Waals surface area contributed by atoms with Gasteiger partial charge in [-0.1, -0.05) is 30.3 Å². The van der Waals surface area contributed by atoms with Crippen LogP contribution in [0.15, 0.2) is 59.6 Å². The lowest BCUT2D eigenvalue weighted by atomic mass is 10.1. The zero-order valence-electron chi connectivity index (χ0n) is 13.2. The highest BCUT2D eigenvalue weighted by Crippen LogP contribution is 2.20. The molecule has 3 rings (SSSR count). The van der Waals surface area contributed by atoms with E-state index in [0.717, 1.165) is 36.7 Å². The van der Waals surface area contributed by atoms with Crippen LogP contribution >= 0.6 is 0 Å². The Hall–Kier alpha value is -2.29. The summed E-state index contributed by atoms with van der Waals surface area (Å²) in [6.07, 6.45) is 1.10. The minimum absolute atomic E-state index is 0.379. The molecular weight excluding hydrogens is 272 g/mol. The van der Waals surface area contributed by atoms with Crippen LogP contribution in [0.3, 0.4) is 0 Å². The number of hydrogen-bond donors (Lipinski definition) is 0. The van der Waals surface area contributed by atoms with Gasteiger partial charge in [0.25, 0.3) is 0 Å². The lowest BCUT2D eigenvalue weighted by molar-refractivity contribution is 0.365. The van der Waals surface area contributed by atoms with Crippen LogP contribution in [0.1, 0.15) is 24.5 Å². The second kappa shape index (κ2) is 6.65. The summed E-state index contributed by atoms with van der Waals surface area (Å²) in [7, 11) is 1.69. The van der Waals surface area contributed by atoms with Crippen molar-refractivity contribution in [1.82, 2.24) is 4.90 Å². The monoisotopic (exact) mass is 294 g/mol. The summed E-state index contributed by atoms with van der Waals surface area (Å²) >= 11 is 0. The molecule has 3 nitrogen and oxygen atoms in total. The van der Waals surface area contributed by atoms with E-state index in [4.69, 9.17) is 9.73 Å². The fourth-order valence-electron chi connectivity index (χ4n) is 2.76. The summed E-state index contributed by atoms with van der Waals surface area (Å²) in [6, 6.07) is 19.1. The van der Waals surface area contributed by atoms with Crippen LogP contribution in [-0.2, 0) is 6.54 Å². The first kappa shape index (κ1) is 14.6. The fourth-order valence-corrected chi connectivity index (χ4v) is 2.76. The average Bonchev–Trinajstić information content (AvgIpc) is 2.57. The van der Waals surface area contributed by atoms with Crippen LogP contribution in [0.4, 0.5) is 0 Å². The first-order chi connectivity index (χ1) is 10.8. The molecule has 0 fully saturated rings. The predicted octanol–water partition coefficient (Wildman–Crippen LogP) is 3.74. The van der Waals surface area contributed by atoms with Crippen LogP contribution < -0.4 is 4.74 Å². The SMILES string of the molecule is COc1ccc(C2=NC(C)CCN2Cc2ccccc2)cc1. The summed E-state index contributed by atoms with van der Waals surface area (Å²) in [5.74, 6) is 1.97. The van der Waals surface area contributed by atoms with Crippen molar-refractivity contribution < 1.29 is 4.74 Å². The molecule has 1 atom stereocenters. The van der Waals surface area contributed by atoms with Gasteiger partial charge in [-0.3, -0.25) is 4.99 Å². The first-order valence-electron chi connectivity index (χ1n) is 7.77. The number of nitrogens with zero attached hydrogens (tertiary/aromatic N) is 2. The number of aliphatic imine (C=N–C) groups is 1. The third kappa shape index (κ3) is 3.30. The Morgan fingerprint density at radius 3 is 2.50 bits per heavy atom. The minimum atomic E-state index is 0.379. The van der Waals surface area contributed by atoms with Crippen molar-refractivity contribution in [1.29, 1.82) is 0 Å². The van der Waals surface area contributed by atoms with E-state index in [-0.39, 0.29) is 0 Å². The Morgan fingerprint density at radius 2 is 1.82 bits per heavy atom. The molecule has 3 heteroatoms. The van der Waals surface area contributed by atoms with E-state index in [2.05, 4.69) is 54.3 Å². The van der Waals surface area contributed by atoms with Crippen LogP contribution in [-0.4, -0.2) is 30.4 Å². The number of ether oxygens (including phenoxy) is 1. The molecule has 0 N–H and O–H groups in total. The number of methoxy groups -OCH3 is 1. The molecular formula is C19H22N2O. The van der Waals surface area contributed by atoms with Crippen molar-refractivity contribution in [3.8, 4) is 5.75 Å². The Kier molecular flexibility index (Phi) is 4.42. The topological polar surface area (TPSA) is 24.8 Å². The molecule has 0 bridgehead atoms. The number of amidine groups is 1. The summed E-state index contributed by atoms with van der Waals surface area (Å²) in [5, 5.41) is 0. The van der Waals surface area contributed by atoms with Crippen molar-refractivity contribution >= 4 is 5.84 Å². The van der Waals surface area contributed by atoms with Crippen molar-refractivity contribution in [2.75, 3.05) is 13.7 Å². The van der Waals surface area contributed by atoms with Crippen molar-refractivity contribution in [2.45, 2.75) is 25.9 Å². The zero-order chi connectivity index (χ0) is 15.4. The van der Waals surface area contributed by atoms with Crippen LogP contribution in [0.5, 0.6) is 5.75 Å². The van der Waals surface area contributed by atoms with Gasteiger partial charge in [0.15, 0.2) is 0 Å². The Morgan fingerprint density at radius 1 is 1.09 bits per heavy atom. The number of hydrogen-bond acceptors (Lipinski definition) is 3. The van der Waals surface area contributed by atoms with Gasteiger partial charge >= 0.3 is 0 Å². The fraction of sp³-hybridized carbons (Fsp3) is 0.316. The van der Waals surface area contributed by atoms with E-state index >= 15 is 0 Å². The normalized spacial score (nSPS) is 18.0. The van der Waals surface area contributed by atoms with E-state index in [1.807, 2.05) is 12.1 Å². The van der Waals surface area contributed by atoms with E-state index in [1.54, 1.807) is 7.11 Å². The molecule has 2 aromatic rings. The van der Waals surface area contributed by atoms with Gasteiger partial charge in [-0.2, -0.15) is 0 Å². The first-order valence-corrected chi connectivity index (χ1v) is 7.77. The summed E-state index contributed by atoms with van der Waals surface area (Å²) in [5.41, 5.74) is 2.47. The minimum Gasteiger partial charge on any atom is -0.497 e. The van der Waals surface area contributed by atoms with Crippen molar-refractivity contribution in [3.05, 3.63) is 65.7 Å². The lowest BCUT2D eigenvalue weighted by Gasteiger charge is -2.32. The number of benzene rings is 2. The second-order valence-electron chi connectivity index (χ2n) is 5.73. The quantitative estimate of drug-likeness (QED) is 0.858. The van der Waals surface area contributed by atoms with Crippen LogP contribution in [0, 0.1) is 0 Å². The summed E-state index contributed by atoms with van der Waals surface area (Å²) in [6.45, 7) is 4.13. The molecule has 0 aromatic heterocycles. The maximum Gasteiger partial charge on any atom is 0.131 e. The highest BCUT2D eigenvalue weighted by atomic mass is 16.5. The van der Waals surface area contributed by atoms with E-state index in [0.29, 0.717) is 6.04 Å². The smallest absolute Gasteiger partial charge is 0.131 e. The Bertz CT molecular complexity index is 634. The van der Waals surface area contributed by atoms with Gasteiger partial charge in [-0.15, -0.1) is 0 Å². The standard InChI is InChI=1S/C19H22N2O/c1-15-12-13-21(14-16-6-4-3-5-7-16)19(20-15)17-8-10-18(22-2)11-9-17/h3-11,15H,12-14H2,1-2H3. The van der Waals surface area contributed by atoms with Gasteiger partial charge in [0.2, 0.25) is 0 Å². The summed E-state index contributed by atoms with van der Waals surface area (Å²) < 4.78 is 5.25. The van der Waals surface area contributed by atoms with E-state index in [1.165, 1.54) is 5.56 Å². The Balaban J connectivity index is 1.86. The molecule has 0 saturated carbocycles. The molecule has 1 unspecified atom stereocenters. The highest BCUT2D eigenvalue weighted by Gasteiger charge is 2.20. The molecule has 0 aliphatic carbocycles. The van der Waals surface area contributed by atoms with E-state index in [9.17, 15) is 0 Å². The molecule has 1 heterocycles. The largest absolute Gasteiger partial charge is 0.497 e. The second-order valence-corrected chi connectivity index (χ2v) is 5.73. The van der Waals surface area contributed by atoms with Gasteiger partial charge < -0.3 is 9.64 Å². The highest BCUT2D eigenvalue weighted by molar-refractivity contribution is 5.99. The van der Waals surface area contributed by atoms with E-state index < -0.39 is 0 Å². The van der Waals surface area contributed by atoms with Crippen LogP contribution in [0.25, 0.3) is 0 Å². The lowest BCUT2D eigenvalue weighted by Crippen LogP contribution is -2.38. The molecule has 1 aliphatic rings. The molecule has 1 aliphatic heterocycles. The maximum atomic E-state index is 5.25. The van der Waals surface area contributed by atoms with Crippen molar-refractivity contribution in [2.24, 2.45) is 4.99 Å². The molecule has 0 amide bonds. The third-order valence-corrected chi connectivity index (χ3v) is 4.02. The molecule has 114 valence electrons. The van der Waals surface area contributed by atoms with Gasteiger partial charge in [0.05, 0.1) is 13.2 Å². The zero-order valence-corrected chi connectivity index (χ0v) is 13.2. The number of rotatable bonds is 4. The Labute approximate surface area is 132 Å².